The molecule has 2 atom stereocenters. The first-order chi connectivity index (χ1) is 17.7. The van der Waals surface area contributed by atoms with Crippen LogP contribution in [0.25, 0.3) is 27.7 Å². The Morgan fingerprint density at radius 1 is 1.30 bits per heavy atom. The van der Waals surface area contributed by atoms with Gasteiger partial charge < -0.3 is 15.2 Å². The molecule has 0 bridgehead atoms. The van der Waals surface area contributed by atoms with Crippen molar-refractivity contribution in [3.63, 3.8) is 0 Å². The van der Waals surface area contributed by atoms with Crippen LogP contribution in [0.5, 0.6) is 5.88 Å². The molecule has 0 spiro atoms. The highest BCUT2D eigenvalue weighted by molar-refractivity contribution is 5.90. The Balaban J connectivity index is 1.57. The van der Waals surface area contributed by atoms with E-state index in [2.05, 4.69) is 20.4 Å². The zero-order valence-corrected chi connectivity index (χ0v) is 20.0. The molecule has 0 amide bonds. The van der Waals surface area contributed by atoms with Crippen LogP contribution in [0.2, 0.25) is 0 Å². The third kappa shape index (κ3) is 3.77. The highest BCUT2D eigenvalue weighted by Crippen LogP contribution is 2.47. The lowest BCUT2D eigenvalue weighted by Gasteiger charge is -2.34. The molecule has 0 aliphatic carbocycles. The average Bonchev–Trinajstić information content (AvgIpc) is 3.42. The summed E-state index contributed by atoms with van der Waals surface area (Å²) in [4.78, 5) is 5.68. The molecule has 2 fully saturated rings. The van der Waals surface area contributed by atoms with Gasteiger partial charge in [-0.3, -0.25) is 4.90 Å². The standard InChI is InChI=1S/C23H24F4N8O2/c1-11(24)6-34-16-5-12(3-4-15(16)30-32-34)17-18(25)19(35-20(17)21(36-2)29-22(28)31-35)14-7-33(10-23(14,26)27)13-8-37-9-13/h3-5,11,13-14H,6-10H2,1-2H3,(H2,28,31)/t11-,14+/m0/s1. The molecule has 1 aromatic carbocycles. The quantitative estimate of drug-likeness (QED) is 0.387. The molecule has 196 valence electrons. The molecule has 0 unspecified atom stereocenters. The highest BCUT2D eigenvalue weighted by atomic mass is 19.3. The van der Waals surface area contributed by atoms with E-state index in [0.717, 1.165) is 4.52 Å². The monoisotopic (exact) mass is 520 g/mol. The lowest BCUT2D eigenvalue weighted by atomic mass is 9.98. The van der Waals surface area contributed by atoms with Gasteiger partial charge in [0.05, 0.1) is 62.1 Å². The van der Waals surface area contributed by atoms with Crippen molar-refractivity contribution in [2.75, 3.05) is 39.1 Å². The fraction of sp³-hybridized carbons (Fsp3) is 0.478. The van der Waals surface area contributed by atoms with Crippen LogP contribution < -0.4 is 10.5 Å². The number of anilines is 1. The molecule has 5 heterocycles. The number of likely N-dealkylation sites (tertiary alicyclic amines) is 1. The van der Waals surface area contributed by atoms with Crippen LogP contribution in [-0.2, 0) is 11.3 Å². The minimum atomic E-state index is -3.24. The number of hydrogen-bond acceptors (Lipinski definition) is 8. The van der Waals surface area contributed by atoms with Gasteiger partial charge >= 0.3 is 0 Å². The number of nitrogens with two attached hydrogens (primary N) is 1. The van der Waals surface area contributed by atoms with Gasteiger partial charge in [0.25, 0.3) is 5.92 Å². The maximum atomic E-state index is 16.4. The van der Waals surface area contributed by atoms with Gasteiger partial charge in [-0.25, -0.2) is 26.8 Å². The summed E-state index contributed by atoms with van der Waals surface area (Å²) in [5.41, 5.74) is 6.82. The van der Waals surface area contributed by atoms with Crippen LogP contribution >= 0.6 is 0 Å². The Hall–Kier alpha value is -3.52. The summed E-state index contributed by atoms with van der Waals surface area (Å²) >= 11 is 0. The van der Waals surface area contributed by atoms with Gasteiger partial charge in [-0.2, -0.15) is 4.98 Å². The fourth-order valence-corrected chi connectivity index (χ4v) is 5.15. The van der Waals surface area contributed by atoms with Gasteiger partial charge in [-0.15, -0.1) is 10.2 Å². The summed E-state index contributed by atoms with van der Waals surface area (Å²) in [6, 6.07) is 4.63. The van der Waals surface area contributed by atoms with Crippen molar-refractivity contribution in [3.05, 3.63) is 29.7 Å². The molecule has 3 aromatic heterocycles. The molecule has 2 aliphatic heterocycles. The van der Waals surface area contributed by atoms with E-state index >= 15 is 13.2 Å². The van der Waals surface area contributed by atoms with Crippen molar-refractivity contribution in [1.82, 2.24) is 34.5 Å². The topological polar surface area (TPSA) is 109 Å². The molecule has 2 aliphatic rings. The first-order valence-corrected chi connectivity index (χ1v) is 11.8. The number of halogens is 4. The Kier molecular flexibility index (Phi) is 5.49. The van der Waals surface area contributed by atoms with Crippen molar-refractivity contribution in [3.8, 4) is 17.0 Å². The zero-order chi connectivity index (χ0) is 26.1. The molecule has 10 nitrogen and oxygen atoms in total. The Bertz CT molecular complexity index is 1500. The first-order valence-electron chi connectivity index (χ1n) is 11.8. The number of rotatable bonds is 6. The molecule has 14 heteroatoms. The second-order valence-corrected chi connectivity index (χ2v) is 9.50. The van der Waals surface area contributed by atoms with Crippen molar-refractivity contribution in [2.45, 2.75) is 37.5 Å². The molecule has 0 saturated carbocycles. The third-order valence-electron chi connectivity index (χ3n) is 6.97. The van der Waals surface area contributed by atoms with Crippen LogP contribution in [0.15, 0.2) is 18.2 Å². The van der Waals surface area contributed by atoms with E-state index in [9.17, 15) is 4.39 Å². The van der Waals surface area contributed by atoms with E-state index in [-0.39, 0.29) is 47.7 Å². The van der Waals surface area contributed by atoms with Gasteiger partial charge in [-0.05, 0) is 24.6 Å². The first kappa shape index (κ1) is 23.9. The number of methoxy groups -OCH3 is 1. The minimum Gasteiger partial charge on any atom is -0.479 e. The highest BCUT2D eigenvalue weighted by Gasteiger charge is 2.54. The summed E-state index contributed by atoms with van der Waals surface area (Å²) in [6.07, 6.45) is -1.20. The third-order valence-corrected chi connectivity index (χ3v) is 6.97. The molecular weight excluding hydrogens is 496 g/mol. The molecule has 0 radical (unpaired) electrons. The fourth-order valence-electron chi connectivity index (χ4n) is 5.15. The van der Waals surface area contributed by atoms with E-state index in [0.29, 0.717) is 29.8 Å². The van der Waals surface area contributed by atoms with E-state index < -0.39 is 30.4 Å². The summed E-state index contributed by atoms with van der Waals surface area (Å²) in [6.45, 7) is 1.44. The van der Waals surface area contributed by atoms with Crippen LogP contribution in [0.3, 0.4) is 0 Å². The molecular formula is C23H24F4N8O2. The molecule has 2 N–H and O–H groups in total. The van der Waals surface area contributed by atoms with Gasteiger partial charge in [0.2, 0.25) is 11.8 Å². The number of alkyl halides is 3. The number of hydrogen-bond donors (Lipinski definition) is 1. The lowest BCUT2D eigenvalue weighted by Crippen LogP contribution is -2.48. The number of fused-ring (bicyclic) bond motifs is 2. The van der Waals surface area contributed by atoms with Gasteiger partial charge in [0.1, 0.15) is 17.2 Å². The number of aromatic nitrogens is 6. The number of ether oxygens (including phenoxy) is 2. The van der Waals surface area contributed by atoms with Gasteiger partial charge in [0, 0.05) is 6.54 Å². The molecule has 4 aromatic rings. The maximum absolute atomic E-state index is 16.4. The van der Waals surface area contributed by atoms with Gasteiger partial charge in [0.15, 0.2) is 5.82 Å². The molecule has 37 heavy (non-hydrogen) atoms. The predicted molar refractivity (Wildman–Crippen MR) is 125 cm³/mol. The Labute approximate surface area is 207 Å². The largest absolute Gasteiger partial charge is 0.479 e. The van der Waals surface area contributed by atoms with Crippen molar-refractivity contribution < 1.29 is 27.0 Å². The summed E-state index contributed by atoms with van der Waals surface area (Å²) in [5.74, 6) is -5.95. The van der Waals surface area contributed by atoms with Crippen LogP contribution in [0.4, 0.5) is 23.5 Å². The number of nitrogens with zero attached hydrogens (tertiary/aromatic N) is 7. The van der Waals surface area contributed by atoms with Gasteiger partial charge in [-0.1, -0.05) is 11.3 Å². The van der Waals surface area contributed by atoms with Crippen LogP contribution in [0, 0.1) is 5.82 Å². The number of nitrogen functional groups attached to an aromatic ring is 1. The van der Waals surface area contributed by atoms with Crippen LogP contribution in [-0.4, -0.2) is 86.0 Å². The SMILES string of the molecule is COc1nc(N)nn2c([C@H]3CN(C4COC4)CC3(F)F)c(F)c(-c3ccc4nnn(C[C@H](C)F)c4c3)c12. The second-order valence-electron chi connectivity index (χ2n) is 9.50. The zero-order valence-electron chi connectivity index (χ0n) is 20.0. The maximum Gasteiger partial charge on any atom is 0.270 e. The van der Waals surface area contributed by atoms with E-state index in [1.165, 1.54) is 18.7 Å². The van der Waals surface area contributed by atoms with Crippen molar-refractivity contribution in [1.29, 1.82) is 0 Å². The summed E-state index contributed by atoms with van der Waals surface area (Å²) < 4.78 is 73.9. The normalized spacial score (nSPS) is 21.1. The summed E-state index contributed by atoms with van der Waals surface area (Å²) in [5, 5.41) is 12.1. The van der Waals surface area contributed by atoms with Crippen molar-refractivity contribution >= 4 is 22.5 Å². The average molecular weight is 520 g/mol. The van der Waals surface area contributed by atoms with E-state index in [4.69, 9.17) is 15.2 Å². The van der Waals surface area contributed by atoms with Crippen molar-refractivity contribution in [2.24, 2.45) is 0 Å². The Morgan fingerprint density at radius 2 is 2.08 bits per heavy atom. The smallest absolute Gasteiger partial charge is 0.270 e. The number of benzene rings is 1. The molecule has 2 saturated heterocycles. The molecule has 6 rings (SSSR count). The van der Waals surface area contributed by atoms with E-state index in [1.807, 2.05) is 0 Å². The van der Waals surface area contributed by atoms with E-state index in [1.54, 1.807) is 23.1 Å². The summed E-state index contributed by atoms with van der Waals surface area (Å²) in [7, 11) is 1.32. The minimum absolute atomic E-state index is 0.0315. The Morgan fingerprint density at radius 3 is 2.76 bits per heavy atom. The van der Waals surface area contributed by atoms with Crippen LogP contribution in [0.1, 0.15) is 18.5 Å². The lowest BCUT2D eigenvalue weighted by molar-refractivity contribution is -0.0715. The second kappa shape index (κ2) is 8.52. The predicted octanol–water partition coefficient (Wildman–Crippen LogP) is 2.66.